The van der Waals surface area contributed by atoms with Crippen molar-refractivity contribution in [3.05, 3.63) is 311 Å². The molecule has 0 fully saturated rings. The maximum Gasteiger partial charge on any atom is 0.0719 e. The van der Waals surface area contributed by atoms with E-state index < -0.39 is 10.8 Å². The second kappa shape index (κ2) is 17.8. The second-order valence-electron chi connectivity index (χ2n) is 18.6. The van der Waals surface area contributed by atoms with Crippen LogP contribution in [0.5, 0.6) is 0 Å². The average Bonchev–Trinajstić information content (AvgIpc) is 3.72. The molecular weight excluding hydrogens is 831 g/mol. The molecule has 12 rings (SSSR count). The van der Waals surface area contributed by atoms with Gasteiger partial charge in [-0.05, 0) is 152 Å². The predicted molar refractivity (Wildman–Crippen MR) is 291 cm³/mol. The third kappa shape index (κ3) is 6.99. The molecule has 0 atom stereocenters. The Morgan fingerprint density at radius 3 is 1.64 bits per heavy atom. The Bertz CT molecular complexity index is 3410. The van der Waals surface area contributed by atoms with Crippen LogP contribution in [0.2, 0.25) is 0 Å². The molecule has 1 nitrogen and oxygen atoms in total. The van der Waals surface area contributed by atoms with E-state index in [1.165, 1.54) is 83.5 Å². The number of fused-ring (bicyclic) bond motifs is 9. The smallest absolute Gasteiger partial charge is 0.0719 e. The van der Waals surface area contributed by atoms with Gasteiger partial charge in [-0.15, -0.1) is 0 Å². The average molecular weight is 884 g/mol. The molecule has 0 saturated carbocycles. The second-order valence-corrected chi connectivity index (χ2v) is 18.6. The number of anilines is 3. The van der Waals surface area contributed by atoms with E-state index in [1.54, 1.807) is 0 Å². The number of hydrogen-bond acceptors (Lipinski definition) is 1. The van der Waals surface area contributed by atoms with Crippen molar-refractivity contribution in [2.45, 2.75) is 37.0 Å². The van der Waals surface area contributed by atoms with Crippen LogP contribution in [-0.4, -0.2) is 0 Å². The molecule has 9 aromatic carbocycles. The van der Waals surface area contributed by atoms with Crippen molar-refractivity contribution < 1.29 is 0 Å². The predicted octanol–water partition coefficient (Wildman–Crippen LogP) is 17.8. The van der Waals surface area contributed by atoms with Gasteiger partial charge in [-0.2, -0.15) is 0 Å². The van der Waals surface area contributed by atoms with Gasteiger partial charge in [-0.3, -0.25) is 0 Å². The van der Waals surface area contributed by atoms with E-state index in [9.17, 15) is 0 Å². The lowest BCUT2D eigenvalue weighted by Gasteiger charge is -2.49. The molecule has 9 aromatic rings. The molecule has 330 valence electrons. The zero-order chi connectivity index (χ0) is 46.2. The summed E-state index contributed by atoms with van der Waals surface area (Å²) < 4.78 is 0. The van der Waals surface area contributed by atoms with Crippen LogP contribution in [0.3, 0.4) is 0 Å². The van der Waals surface area contributed by atoms with E-state index in [1.807, 2.05) is 0 Å². The van der Waals surface area contributed by atoms with Crippen molar-refractivity contribution in [2.75, 3.05) is 4.90 Å². The normalized spacial score (nSPS) is 17.6. The Hall–Kier alpha value is -8.26. The molecule has 1 heteroatoms. The zero-order valence-electron chi connectivity index (χ0n) is 39.0. The highest BCUT2D eigenvalue weighted by molar-refractivity contribution is 5.93. The van der Waals surface area contributed by atoms with Crippen molar-refractivity contribution in [3.63, 3.8) is 0 Å². The van der Waals surface area contributed by atoms with E-state index in [4.69, 9.17) is 0 Å². The lowest BCUT2D eigenvalue weighted by atomic mass is 9.52. The van der Waals surface area contributed by atoms with E-state index in [2.05, 4.69) is 279 Å². The molecule has 0 amide bonds. The molecule has 3 aliphatic carbocycles. The highest BCUT2D eigenvalue weighted by Gasteiger charge is 2.55. The Morgan fingerprint density at radius 1 is 0.435 bits per heavy atom. The molecule has 0 aliphatic heterocycles. The number of nitrogens with zero attached hydrogens (tertiary/aromatic N) is 1. The van der Waals surface area contributed by atoms with Crippen LogP contribution < -0.4 is 4.90 Å². The van der Waals surface area contributed by atoms with Crippen LogP contribution in [0.15, 0.2) is 267 Å². The number of hydrogen-bond donors (Lipinski definition) is 0. The van der Waals surface area contributed by atoms with Crippen LogP contribution in [-0.2, 0) is 10.8 Å². The summed E-state index contributed by atoms with van der Waals surface area (Å²) in [6.07, 6.45) is 18.5. The Balaban J connectivity index is 1.10. The highest BCUT2D eigenvalue weighted by Crippen LogP contribution is 2.64. The maximum atomic E-state index is 2.48. The molecule has 0 N–H and O–H groups in total. The molecule has 0 aromatic heterocycles. The zero-order valence-corrected chi connectivity index (χ0v) is 39.0. The largest absolute Gasteiger partial charge is 0.310 e. The molecule has 0 saturated heterocycles. The summed E-state index contributed by atoms with van der Waals surface area (Å²) in [5, 5.41) is 0. The minimum atomic E-state index is -0.549. The van der Waals surface area contributed by atoms with Gasteiger partial charge in [0.15, 0.2) is 0 Å². The van der Waals surface area contributed by atoms with Crippen molar-refractivity contribution in [1.82, 2.24) is 0 Å². The number of rotatable bonds is 10. The third-order valence-electron chi connectivity index (χ3n) is 14.9. The number of allylic oxidation sites excluding steroid dienone is 8. The van der Waals surface area contributed by atoms with Crippen molar-refractivity contribution in [1.29, 1.82) is 0 Å². The molecule has 69 heavy (non-hydrogen) atoms. The fourth-order valence-electron chi connectivity index (χ4n) is 11.9. The van der Waals surface area contributed by atoms with Gasteiger partial charge in [0.1, 0.15) is 0 Å². The van der Waals surface area contributed by atoms with Gasteiger partial charge in [-0.1, -0.05) is 225 Å². The molecule has 0 bridgehead atoms. The molecule has 3 aliphatic rings. The van der Waals surface area contributed by atoms with Crippen LogP contribution in [0.4, 0.5) is 17.1 Å². The van der Waals surface area contributed by atoms with Crippen LogP contribution in [0.1, 0.15) is 70.7 Å². The molecule has 0 heterocycles. The van der Waals surface area contributed by atoms with Gasteiger partial charge in [0.2, 0.25) is 0 Å². The summed E-state index contributed by atoms with van der Waals surface area (Å²) in [7, 11) is 0. The van der Waals surface area contributed by atoms with E-state index >= 15 is 0 Å². The minimum Gasteiger partial charge on any atom is -0.310 e. The van der Waals surface area contributed by atoms with Gasteiger partial charge in [0.05, 0.1) is 5.41 Å². The van der Waals surface area contributed by atoms with Crippen molar-refractivity contribution in [2.24, 2.45) is 0 Å². The maximum absolute atomic E-state index is 2.48. The van der Waals surface area contributed by atoms with Crippen molar-refractivity contribution >= 4 is 22.6 Å². The Labute approximate surface area is 407 Å². The molecule has 0 radical (unpaired) electrons. The first kappa shape index (κ1) is 42.1. The third-order valence-corrected chi connectivity index (χ3v) is 14.9. The van der Waals surface area contributed by atoms with Gasteiger partial charge < -0.3 is 4.90 Å². The van der Waals surface area contributed by atoms with Crippen LogP contribution >= 0.6 is 0 Å². The highest BCUT2D eigenvalue weighted by atomic mass is 15.1. The standard InChI is InChI=1S/C68H53N/c1-2-3-4-23-44-67(55-30-15-8-16-31-55)63-34-19-21-36-65(63)68(66-37-22-20-35-64(66)67)61-33-18-17-32-59(61)60-48-57(42-43-62(60)68)69(56-40-38-52(39-41-56)49-24-9-5-10-25-49)58-46-53(50-26-11-6-12-27-50)45-54(47-58)51-28-13-7-14-29-51/h2-13,15-28,30-43,45-48H,14,29,44H2,1H3/b3-2-,23-4-. The summed E-state index contributed by atoms with van der Waals surface area (Å²) in [6, 6.07) is 84.3. The quantitative estimate of drug-likeness (QED) is 0.124. The topological polar surface area (TPSA) is 3.24 Å². The minimum absolute atomic E-state index is 0.414. The monoisotopic (exact) mass is 883 g/mol. The fourth-order valence-corrected chi connectivity index (χ4v) is 11.9. The summed E-state index contributed by atoms with van der Waals surface area (Å²) in [5.41, 5.74) is 21.7. The van der Waals surface area contributed by atoms with Gasteiger partial charge >= 0.3 is 0 Å². The molecule has 0 unspecified atom stereocenters. The lowest BCUT2D eigenvalue weighted by Crippen LogP contribution is -2.43. The molecular formula is C68H53N. The molecule has 1 spiro atoms. The first-order valence-corrected chi connectivity index (χ1v) is 24.5. The summed E-state index contributed by atoms with van der Waals surface area (Å²) in [5.74, 6) is 0. The fraction of sp³-hybridized carbons (Fsp3) is 0.0882. The number of benzene rings is 9. The van der Waals surface area contributed by atoms with Crippen LogP contribution in [0.25, 0.3) is 39.0 Å². The van der Waals surface area contributed by atoms with Gasteiger partial charge in [-0.25, -0.2) is 0 Å². The SMILES string of the molecule is C/C=C\C=C/CC1(c2ccccc2)c2ccccc2C2(c3ccccc3-c3cc(N(c4ccc(-c5ccccc5)cc4)c4cc(C5=CC=CCC5)cc(-c5ccccc5)c4)ccc32)c2ccccc21. The Morgan fingerprint density at radius 2 is 0.986 bits per heavy atom. The van der Waals surface area contributed by atoms with Gasteiger partial charge in [0.25, 0.3) is 0 Å². The summed E-state index contributed by atoms with van der Waals surface area (Å²) in [6.45, 7) is 2.08. The van der Waals surface area contributed by atoms with E-state index in [-0.39, 0.29) is 0 Å². The van der Waals surface area contributed by atoms with E-state index in [0.717, 1.165) is 36.3 Å². The lowest BCUT2D eigenvalue weighted by molar-refractivity contribution is 0.557. The summed E-state index contributed by atoms with van der Waals surface area (Å²) >= 11 is 0. The van der Waals surface area contributed by atoms with Gasteiger partial charge in [0, 0.05) is 22.5 Å². The van der Waals surface area contributed by atoms with E-state index in [0.29, 0.717) is 0 Å². The van der Waals surface area contributed by atoms with Crippen molar-refractivity contribution in [3.8, 4) is 33.4 Å². The first-order valence-electron chi connectivity index (χ1n) is 24.5. The summed E-state index contributed by atoms with van der Waals surface area (Å²) in [4.78, 5) is 2.48. The Kier molecular flexibility index (Phi) is 10.8. The first-order chi connectivity index (χ1) is 34.2. The van der Waals surface area contributed by atoms with Crippen LogP contribution in [0, 0.1) is 0 Å².